The van der Waals surface area contributed by atoms with E-state index in [1.54, 1.807) is 23.1 Å². The summed E-state index contributed by atoms with van der Waals surface area (Å²) in [6.07, 6.45) is -2.54. The van der Waals surface area contributed by atoms with E-state index in [4.69, 9.17) is 16.0 Å². The summed E-state index contributed by atoms with van der Waals surface area (Å²) in [6, 6.07) is 5.54. The van der Waals surface area contributed by atoms with Crippen molar-refractivity contribution in [1.29, 1.82) is 0 Å². The Morgan fingerprint density at radius 1 is 1.52 bits per heavy atom. The van der Waals surface area contributed by atoms with Gasteiger partial charge in [0.1, 0.15) is 5.52 Å². The van der Waals surface area contributed by atoms with Gasteiger partial charge >= 0.3 is 0 Å². The number of amides is 1. The first-order valence-corrected chi connectivity index (χ1v) is 6.77. The molecular formula is C13H12ClF2N3O2. The molecule has 1 amide bonds. The highest BCUT2D eigenvalue weighted by atomic mass is 35.5. The van der Waals surface area contributed by atoms with Gasteiger partial charge in [0.25, 0.3) is 12.4 Å². The number of hydrogen-bond acceptors (Lipinski definition) is 4. The van der Waals surface area contributed by atoms with Gasteiger partial charge in [0.15, 0.2) is 5.58 Å². The predicted octanol–water partition coefficient (Wildman–Crippen LogP) is 2.30. The highest BCUT2D eigenvalue weighted by Gasteiger charge is 2.35. The van der Waals surface area contributed by atoms with Gasteiger partial charge in [-0.05, 0) is 12.1 Å². The zero-order valence-electron chi connectivity index (χ0n) is 10.9. The second kappa shape index (κ2) is 5.48. The van der Waals surface area contributed by atoms with Gasteiger partial charge in [0.2, 0.25) is 5.91 Å². The number of rotatable bonds is 4. The van der Waals surface area contributed by atoms with E-state index in [0.29, 0.717) is 35.2 Å². The Hall–Kier alpha value is -1.89. The molecule has 8 heteroatoms. The molecule has 0 aliphatic carbocycles. The van der Waals surface area contributed by atoms with Crippen LogP contribution in [0.25, 0.3) is 11.1 Å². The van der Waals surface area contributed by atoms with Gasteiger partial charge in [-0.3, -0.25) is 4.79 Å². The smallest absolute Gasteiger partial charge is 0.298 e. The second-order valence-electron chi connectivity index (χ2n) is 4.85. The third-order valence-electron chi connectivity index (χ3n) is 3.29. The molecule has 0 spiro atoms. The number of nitrogens with one attached hydrogen (secondary N) is 1. The van der Waals surface area contributed by atoms with E-state index in [2.05, 4.69) is 10.3 Å². The maximum absolute atomic E-state index is 12.0. The van der Waals surface area contributed by atoms with Crippen molar-refractivity contribution in [3.05, 3.63) is 23.2 Å². The molecule has 1 fully saturated rings. The molecule has 112 valence electrons. The highest BCUT2D eigenvalue weighted by molar-refractivity contribution is 6.31. The molecule has 0 bridgehead atoms. The van der Waals surface area contributed by atoms with Gasteiger partial charge in [0, 0.05) is 24.2 Å². The lowest BCUT2D eigenvalue weighted by Gasteiger charge is -2.36. The van der Waals surface area contributed by atoms with Gasteiger partial charge in [-0.15, -0.1) is 0 Å². The quantitative estimate of drug-likeness (QED) is 0.940. The Bertz CT molecular complexity index is 670. The van der Waals surface area contributed by atoms with Crippen LogP contribution in [0.5, 0.6) is 0 Å². The van der Waals surface area contributed by atoms with Gasteiger partial charge < -0.3 is 14.6 Å². The lowest BCUT2D eigenvalue weighted by molar-refractivity contribution is -0.126. The Morgan fingerprint density at radius 3 is 3.00 bits per heavy atom. The van der Waals surface area contributed by atoms with Crippen molar-refractivity contribution in [2.45, 2.75) is 6.43 Å². The Kier molecular flexibility index (Phi) is 3.67. The van der Waals surface area contributed by atoms with Crippen LogP contribution in [0.3, 0.4) is 0 Å². The summed E-state index contributed by atoms with van der Waals surface area (Å²) in [4.78, 5) is 17.7. The summed E-state index contributed by atoms with van der Waals surface area (Å²) in [6.45, 7) is 0.183. The normalized spacial score (nSPS) is 15.5. The molecule has 0 radical (unpaired) electrons. The van der Waals surface area contributed by atoms with Crippen molar-refractivity contribution in [1.82, 2.24) is 10.3 Å². The largest absolute Gasteiger partial charge is 0.423 e. The number of benzene rings is 1. The van der Waals surface area contributed by atoms with E-state index < -0.39 is 13.0 Å². The first-order valence-electron chi connectivity index (χ1n) is 6.40. The van der Waals surface area contributed by atoms with Gasteiger partial charge in [-0.25, -0.2) is 8.78 Å². The average molecular weight is 316 g/mol. The van der Waals surface area contributed by atoms with Gasteiger partial charge in [-0.1, -0.05) is 11.6 Å². The maximum atomic E-state index is 12.0. The van der Waals surface area contributed by atoms with Crippen molar-refractivity contribution in [3.63, 3.8) is 0 Å². The van der Waals surface area contributed by atoms with E-state index in [1.807, 2.05) is 0 Å². The molecule has 0 saturated carbocycles. The Labute approximate surface area is 123 Å². The lowest BCUT2D eigenvalue weighted by Crippen LogP contribution is -2.54. The minimum atomic E-state index is -2.54. The number of fused-ring (bicyclic) bond motifs is 1. The zero-order valence-corrected chi connectivity index (χ0v) is 11.6. The number of alkyl halides is 2. The molecule has 0 unspecified atom stereocenters. The molecule has 1 aromatic carbocycles. The third-order valence-corrected chi connectivity index (χ3v) is 3.53. The van der Waals surface area contributed by atoms with Crippen molar-refractivity contribution in [2.75, 3.05) is 24.5 Å². The number of aromatic nitrogens is 1. The fourth-order valence-electron chi connectivity index (χ4n) is 2.14. The molecule has 2 heterocycles. The summed E-state index contributed by atoms with van der Waals surface area (Å²) >= 11 is 5.86. The molecule has 1 aromatic heterocycles. The molecule has 1 N–H and O–H groups in total. The maximum Gasteiger partial charge on any atom is 0.298 e. The van der Waals surface area contributed by atoms with Crippen molar-refractivity contribution in [2.24, 2.45) is 5.92 Å². The molecule has 3 rings (SSSR count). The number of carbonyl (C=O) groups excluding carboxylic acids is 1. The molecule has 1 aliphatic heterocycles. The number of hydrogen-bond donors (Lipinski definition) is 1. The van der Waals surface area contributed by atoms with Crippen molar-refractivity contribution < 1.29 is 18.0 Å². The number of halogens is 3. The Morgan fingerprint density at radius 2 is 2.29 bits per heavy atom. The van der Waals surface area contributed by atoms with Crippen LogP contribution in [0.2, 0.25) is 5.02 Å². The van der Waals surface area contributed by atoms with Crippen molar-refractivity contribution in [3.8, 4) is 0 Å². The van der Waals surface area contributed by atoms with Crippen LogP contribution in [0.1, 0.15) is 0 Å². The summed E-state index contributed by atoms with van der Waals surface area (Å²) in [5.74, 6) is -0.687. The van der Waals surface area contributed by atoms with Crippen LogP contribution < -0.4 is 10.2 Å². The number of carbonyl (C=O) groups is 1. The minimum absolute atomic E-state index is 0.317. The van der Waals surface area contributed by atoms with E-state index in [0.717, 1.165) is 0 Å². The van der Waals surface area contributed by atoms with E-state index in [9.17, 15) is 13.6 Å². The lowest BCUT2D eigenvalue weighted by atomic mass is 10.00. The fraction of sp³-hybridized carbons (Fsp3) is 0.385. The van der Waals surface area contributed by atoms with E-state index >= 15 is 0 Å². The molecule has 5 nitrogen and oxygen atoms in total. The molecule has 0 atom stereocenters. The highest BCUT2D eigenvalue weighted by Crippen LogP contribution is 2.29. The van der Waals surface area contributed by atoms with E-state index in [1.165, 1.54) is 0 Å². The summed E-state index contributed by atoms with van der Waals surface area (Å²) in [7, 11) is 0. The van der Waals surface area contributed by atoms with E-state index in [-0.39, 0.29) is 11.8 Å². The molecule has 2 aromatic rings. The average Bonchev–Trinajstić information content (AvgIpc) is 2.76. The van der Waals surface area contributed by atoms with Crippen LogP contribution in [-0.4, -0.2) is 37.0 Å². The molecule has 1 aliphatic rings. The molecule has 1 saturated heterocycles. The van der Waals surface area contributed by atoms with Crippen LogP contribution in [0.4, 0.5) is 14.8 Å². The SMILES string of the molecule is O=C(NCC(F)F)C1CN(c2nc3ccc(Cl)cc3o2)C1. The summed E-state index contributed by atoms with van der Waals surface area (Å²) < 4.78 is 29.6. The first-order chi connectivity index (χ1) is 10.0. The third kappa shape index (κ3) is 2.92. The predicted molar refractivity (Wildman–Crippen MR) is 73.7 cm³/mol. The van der Waals surface area contributed by atoms with Crippen molar-refractivity contribution >= 4 is 34.6 Å². The minimum Gasteiger partial charge on any atom is -0.423 e. The number of anilines is 1. The second-order valence-corrected chi connectivity index (χ2v) is 5.28. The molecule has 21 heavy (non-hydrogen) atoms. The standard InChI is InChI=1S/C13H12ClF2N3O2/c14-8-1-2-9-10(3-8)21-13(18-9)19-5-7(6-19)12(20)17-4-11(15)16/h1-3,7,11H,4-6H2,(H,17,20). The van der Waals surface area contributed by atoms with Gasteiger partial charge in [0.05, 0.1) is 12.5 Å². The summed E-state index contributed by atoms with van der Waals surface area (Å²) in [5.41, 5.74) is 1.25. The van der Waals surface area contributed by atoms with Crippen LogP contribution in [0.15, 0.2) is 22.6 Å². The zero-order chi connectivity index (χ0) is 15.0. The topological polar surface area (TPSA) is 58.4 Å². The van der Waals surface area contributed by atoms with Crippen LogP contribution in [0, 0.1) is 5.92 Å². The summed E-state index contributed by atoms with van der Waals surface area (Å²) in [5, 5.41) is 2.76. The van der Waals surface area contributed by atoms with Crippen LogP contribution >= 0.6 is 11.6 Å². The Balaban J connectivity index is 1.61. The number of nitrogens with zero attached hydrogens (tertiary/aromatic N) is 2. The number of oxazole rings is 1. The first kappa shape index (κ1) is 14.1. The fourth-order valence-corrected chi connectivity index (χ4v) is 2.31. The van der Waals surface area contributed by atoms with Crippen LogP contribution in [-0.2, 0) is 4.79 Å². The molecular weight excluding hydrogens is 304 g/mol. The monoisotopic (exact) mass is 315 g/mol. The van der Waals surface area contributed by atoms with Gasteiger partial charge in [-0.2, -0.15) is 4.98 Å².